The van der Waals surface area contributed by atoms with E-state index in [0.29, 0.717) is 5.41 Å². The van der Waals surface area contributed by atoms with E-state index in [1.54, 1.807) is 19.0 Å². The van der Waals surface area contributed by atoms with Gasteiger partial charge in [0, 0.05) is 20.6 Å². The standard InChI is InChI=1S/C10H20N2O/c1-4-5-10(6-7-10)8-11-9(13)12(2)3/h4-8H2,1-3H3,(H,11,13). The molecular weight excluding hydrogens is 164 g/mol. The van der Waals surface area contributed by atoms with Crippen LogP contribution in [0.1, 0.15) is 32.6 Å². The first kappa shape index (κ1) is 10.4. The van der Waals surface area contributed by atoms with Crippen LogP contribution in [0.3, 0.4) is 0 Å². The molecule has 13 heavy (non-hydrogen) atoms. The molecule has 0 spiro atoms. The third kappa shape index (κ3) is 2.90. The van der Waals surface area contributed by atoms with E-state index < -0.39 is 0 Å². The minimum absolute atomic E-state index is 0.0300. The lowest BCUT2D eigenvalue weighted by atomic mass is 10.0. The Balaban J connectivity index is 2.22. The predicted octanol–water partition coefficient (Wildman–Crippen LogP) is 1.84. The highest BCUT2D eigenvalue weighted by Crippen LogP contribution is 2.48. The van der Waals surface area contributed by atoms with E-state index in [9.17, 15) is 4.79 Å². The van der Waals surface area contributed by atoms with Crippen molar-refractivity contribution in [2.24, 2.45) is 5.41 Å². The number of carbonyl (C=O) groups is 1. The van der Waals surface area contributed by atoms with Gasteiger partial charge in [0.05, 0.1) is 0 Å². The van der Waals surface area contributed by atoms with Gasteiger partial charge < -0.3 is 10.2 Å². The fourth-order valence-corrected chi connectivity index (χ4v) is 1.64. The molecule has 1 N–H and O–H groups in total. The molecular formula is C10H20N2O. The second-order valence-electron chi connectivity index (χ2n) is 4.30. The fraction of sp³-hybridized carbons (Fsp3) is 0.900. The van der Waals surface area contributed by atoms with Crippen molar-refractivity contribution in [1.82, 2.24) is 10.2 Å². The molecule has 0 aromatic heterocycles. The van der Waals surface area contributed by atoms with Crippen molar-refractivity contribution in [2.75, 3.05) is 20.6 Å². The van der Waals surface area contributed by atoms with Crippen molar-refractivity contribution in [3.63, 3.8) is 0 Å². The van der Waals surface area contributed by atoms with E-state index in [1.165, 1.54) is 25.7 Å². The molecule has 0 bridgehead atoms. The lowest BCUT2D eigenvalue weighted by Crippen LogP contribution is -2.37. The van der Waals surface area contributed by atoms with Gasteiger partial charge >= 0.3 is 6.03 Å². The average Bonchev–Trinajstić information content (AvgIpc) is 2.82. The zero-order chi connectivity index (χ0) is 9.90. The molecule has 0 aromatic rings. The third-order valence-electron chi connectivity index (χ3n) is 2.76. The highest BCUT2D eigenvalue weighted by molar-refractivity contribution is 5.73. The minimum Gasteiger partial charge on any atom is -0.337 e. The van der Waals surface area contributed by atoms with Gasteiger partial charge in [-0.2, -0.15) is 0 Å². The maximum absolute atomic E-state index is 11.2. The number of nitrogens with one attached hydrogen (secondary N) is 1. The number of hydrogen-bond acceptors (Lipinski definition) is 1. The Hall–Kier alpha value is -0.730. The molecule has 0 atom stereocenters. The van der Waals surface area contributed by atoms with E-state index >= 15 is 0 Å². The second kappa shape index (κ2) is 3.99. The van der Waals surface area contributed by atoms with Crippen molar-refractivity contribution in [2.45, 2.75) is 32.6 Å². The average molecular weight is 184 g/mol. The van der Waals surface area contributed by atoms with Crippen LogP contribution >= 0.6 is 0 Å². The first-order valence-electron chi connectivity index (χ1n) is 5.05. The van der Waals surface area contributed by atoms with Gasteiger partial charge in [0.1, 0.15) is 0 Å². The van der Waals surface area contributed by atoms with Gasteiger partial charge in [-0.25, -0.2) is 4.79 Å². The number of amides is 2. The smallest absolute Gasteiger partial charge is 0.316 e. The van der Waals surface area contributed by atoms with Gasteiger partial charge in [0.15, 0.2) is 0 Å². The maximum Gasteiger partial charge on any atom is 0.316 e. The van der Waals surface area contributed by atoms with Crippen molar-refractivity contribution in [3.8, 4) is 0 Å². The van der Waals surface area contributed by atoms with Gasteiger partial charge in [-0.3, -0.25) is 0 Å². The molecule has 3 nitrogen and oxygen atoms in total. The molecule has 0 aliphatic heterocycles. The number of hydrogen-bond donors (Lipinski definition) is 1. The van der Waals surface area contributed by atoms with Crippen molar-refractivity contribution in [1.29, 1.82) is 0 Å². The highest BCUT2D eigenvalue weighted by atomic mass is 16.2. The maximum atomic E-state index is 11.2. The zero-order valence-electron chi connectivity index (χ0n) is 8.89. The molecule has 0 saturated heterocycles. The van der Waals surface area contributed by atoms with E-state index in [4.69, 9.17) is 0 Å². The SMILES string of the molecule is CCCC1(CNC(=O)N(C)C)CC1. The Morgan fingerprint density at radius 3 is 2.46 bits per heavy atom. The number of nitrogens with zero attached hydrogens (tertiary/aromatic N) is 1. The Morgan fingerprint density at radius 2 is 2.08 bits per heavy atom. The molecule has 1 rings (SSSR count). The first-order valence-corrected chi connectivity index (χ1v) is 5.05. The number of rotatable bonds is 4. The van der Waals surface area contributed by atoms with Crippen LogP contribution in [-0.4, -0.2) is 31.6 Å². The Morgan fingerprint density at radius 1 is 1.46 bits per heavy atom. The van der Waals surface area contributed by atoms with Crippen molar-refractivity contribution >= 4 is 6.03 Å². The summed E-state index contributed by atoms with van der Waals surface area (Å²) in [4.78, 5) is 12.8. The third-order valence-corrected chi connectivity index (χ3v) is 2.76. The van der Waals surface area contributed by atoms with Crippen LogP contribution in [0.25, 0.3) is 0 Å². The van der Waals surface area contributed by atoms with Crippen LogP contribution < -0.4 is 5.32 Å². The molecule has 1 saturated carbocycles. The van der Waals surface area contributed by atoms with Crippen LogP contribution in [0.4, 0.5) is 4.79 Å². The lowest BCUT2D eigenvalue weighted by molar-refractivity contribution is 0.214. The summed E-state index contributed by atoms with van der Waals surface area (Å²) in [5.41, 5.74) is 0.459. The number of urea groups is 1. The van der Waals surface area contributed by atoms with Crippen LogP contribution in [0.5, 0.6) is 0 Å². The molecule has 0 heterocycles. The normalized spacial score (nSPS) is 18.1. The molecule has 2 amide bonds. The van der Waals surface area contributed by atoms with E-state index in [0.717, 1.165) is 6.54 Å². The Kier molecular flexibility index (Phi) is 3.17. The predicted molar refractivity (Wildman–Crippen MR) is 53.7 cm³/mol. The van der Waals surface area contributed by atoms with Gasteiger partial charge in [-0.05, 0) is 24.7 Å². The molecule has 1 aliphatic rings. The summed E-state index contributed by atoms with van der Waals surface area (Å²) in [6.07, 6.45) is 5.04. The topological polar surface area (TPSA) is 32.3 Å². The van der Waals surface area contributed by atoms with Crippen molar-refractivity contribution in [3.05, 3.63) is 0 Å². The molecule has 0 radical (unpaired) electrons. The summed E-state index contributed by atoms with van der Waals surface area (Å²) in [6, 6.07) is 0.0300. The quantitative estimate of drug-likeness (QED) is 0.710. The van der Waals surface area contributed by atoms with E-state index in [2.05, 4.69) is 12.2 Å². The summed E-state index contributed by atoms with van der Waals surface area (Å²) in [7, 11) is 3.55. The van der Waals surface area contributed by atoms with E-state index in [-0.39, 0.29) is 6.03 Å². The fourth-order valence-electron chi connectivity index (χ4n) is 1.64. The monoisotopic (exact) mass is 184 g/mol. The van der Waals surface area contributed by atoms with Crippen molar-refractivity contribution < 1.29 is 4.79 Å². The summed E-state index contributed by atoms with van der Waals surface area (Å²) in [5.74, 6) is 0. The summed E-state index contributed by atoms with van der Waals surface area (Å²) in [6.45, 7) is 3.06. The summed E-state index contributed by atoms with van der Waals surface area (Å²) in [5, 5.41) is 2.96. The molecule has 0 aromatic carbocycles. The Labute approximate surface area is 80.5 Å². The highest BCUT2D eigenvalue weighted by Gasteiger charge is 2.41. The van der Waals surface area contributed by atoms with Gasteiger partial charge in [-0.15, -0.1) is 0 Å². The van der Waals surface area contributed by atoms with Gasteiger partial charge in [0.25, 0.3) is 0 Å². The largest absolute Gasteiger partial charge is 0.337 e. The summed E-state index contributed by atoms with van der Waals surface area (Å²) < 4.78 is 0. The van der Waals surface area contributed by atoms with Crippen LogP contribution in [-0.2, 0) is 0 Å². The first-order chi connectivity index (χ1) is 6.09. The minimum atomic E-state index is 0.0300. The molecule has 76 valence electrons. The number of carbonyl (C=O) groups excluding carboxylic acids is 1. The molecule has 1 fully saturated rings. The second-order valence-corrected chi connectivity index (χ2v) is 4.30. The van der Waals surface area contributed by atoms with Gasteiger partial charge in [-0.1, -0.05) is 13.3 Å². The van der Waals surface area contributed by atoms with Crippen LogP contribution in [0, 0.1) is 5.41 Å². The van der Waals surface area contributed by atoms with E-state index in [1.807, 2.05) is 0 Å². The molecule has 0 unspecified atom stereocenters. The molecule has 1 aliphatic carbocycles. The lowest BCUT2D eigenvalue weighted by Gasteiger charge is -2.17. The molecule has 3 heteroatoms. The van der Waals surface area contributed by atoms with Crippen LogP contribution in [0.15, 0.2) is 0 Å². The zero-order valence-corrected chi connectivity index (χ0v) is 8.89. The van der Waals surface area contributed by atoms with Gasteiger partial charge in [0.2, 0.25) is 0 Å². The Bertz CT molecular complexity index is 185. The van der Waals surface area contributed by atoms with Crippen LogP contribution in [0.2, 0.25) is 0 Å². The summed E-state index contributed by atoms with van der Waals surface area (Å²) >= 11 is 0.